The van der Waals surface area contributed by atoms with Crippen LogP contribution in [0, 0.1) is 5.92 Å². The summed E-state index contributed by atoms with van der Waals surface area (Å²) in [6, 6.07) is 0. The predicted octanol–water partition coefficient (Wildman–Crippen LogP) is -0.925. The van der Waals surface area contributed by atoms with Crippen LogP contribution in [-0.2, 0) is 14.8 Å². The number of nitrogens with zero attached hydrogens (tertiary/aromatic N) is 2. The van der Waals surface area contributed by atoms with E-state index in [4.69, 9.17) is 5.73 Å². The molecule has 0 radical (unpaired) electrons. The van der Waals surface area contributed by atoms with Crippen molar-refractivity contribution in [3.63, 3.8) is 0 Å². The van der Waals surface area contributed by atoms with E-state index >= 15 is 0 Å². The topological polar surface area (TPSA) is 83.7 Å². The first-order chi connectivity index (χ1) is 7.88. The van der Waals surface area contributed by atoms with Crippen LogP contribution in [0.1, 0.15) is 13.8 Å². The minimum absolute atomic E-state index is 0.0227. The second-order valence-electron chi connectivity index (χ2n) is 4.48. The van der Waals surface area contributed by atoms with Crippen LogP contribution in [0.4, 0.5) is 0 Å². The zero-order chi connectivity index (χ0) is 13.1. The molecule has 0 atom stereocenters. The summed E-state index contributed by atoms with van der Waals surface area (Å²) in [4.78, 5) is 13.4. The lowest BCUT2D eigenvalue weighted by molar-refractivity contribution is -0.135. The van der Waals surface area contributed by atoms with Crippen molar-refractivity contribution in [2.75, 3.05) is 38.5 Å². The van der Waals surface area contributed by atoms with Crippen molar-refractivity contribution in [1.82, 2.24) is 9.21 Å². The average molecular weight is 263 g/mol. The maximum Gasteiger partial charge on any atom is 0.225 e. The number of hydrogen-bond acceptors (Lipinski definition) is 4. The van der Waals surface area contributed by atoms with Crippen LogP contribution in [0.5, 0.6) is 0 Å². The molecule has 2 N–H and O–H groups in total. The molecule has 0 saturated carbocycles. The van der Waals surface area contributed by atoms with E-state index in [9.17, 15) is 13.2 Å². The zero-order valence-electron chi connectivity index (χ0n) is 10.4. The zero-order valence-corrected chi connectivity index (χ0v) is 11.2. The largest absolute Gasteiger partial charge is 0.340 e. The lowest BCUT2D eigenvalue weighted by Gasteiger charge is -2.34. The molecule has 0 aromatic carbocycles. The van der Waals surface area contributed by atoms with Gasteiger partial charge >= 0.3 is 0 Å². The van der Waals surface area contributed by atoms with Gasteiger partial charge in [-0.1, -0.05) is 13.8 Å². The monoisotopic (exact) mass is 263 g/mol. The lowest BCUT2D eigenvalue weighted by atomic mass is 10.2. The molecule has 1 saturated heterocycles. The SMILES string of the molecule is CC(C)C(=O)N1CCN(S(=O)(=O)CCN)CC1. The van der Waals surface area contributed by atoms with Gasteiger partial charge in [0.2, 0.25) is 15.9 Å². The van der Waals surface area contributed by atoms with Gasteiger partial charge in [-0.25, -0.2) is 8.42 Å². The Morgan fingerprint density at radius 2 is 1.76 bits per heavy atom. The first-order valence-electron chi connectivity index (χ1n) is 5.85. The molecule has 0 aromatic heterocycles. The molecule has 0 bridgehead atoms. The highest BCUT2D eigenvalue weighted by molar-refractivity contribution is 7.89. The van der Waals surface area contributed by atoms with Crippen LogP contribution < -0.4 is 5.73 Å². The van der Waals surface area contributed by atoms with Gasteiger partial charge in [0.25, 0.3) is 0 Å². The third-order valence-corrected chi connectivity index (χ3v) is 4.72. The number of sulfonamides is 1. The van der Waals surface area contributed by atoms with Gasteiger partial charge in [0.1, 0.15) is 0 Å². The fourth-order valence-electron chi connectivity index (χ4n) is 1.83. The van der Waals surface area contributed by atoms with Gasteiger partial charge in [0.15, 0.2) is 0 Å². The molecule has 0 aromatic rings. The molecule has 1 aliphatic rings. The first-order valence-corrected chi connectivity index (χ1v) is 7.46. The number of amides is 1. The van der Waals surface area contributed by atoms with Crippen LogP contribution in [0.3, 0.4) is 0 Å². The number of nitrogens with two attached hydrogens (primary N) is 1. The van der Waals surface area contributed by atoms with E-state index in [1.54, 1.807) is 4.90 Å². The third-order valence-electron chi connectivity index (χ3n) is 2.81. The second-order valence-corrected chi connectivity index (χ2v) is 6.57. The molecule has 0 spiro atoms. The smallest absolute Gasteiger partial charge is 0.225 e. The number of carbonyl (C=O) groups is 1. The van der Waals surface area contributed by atoms with E-state index in [-0.39, 0.29) is 24.1 Å². The molecule has 100 valence electrons. The van der Waals surface area contributed by atoms with Crippen molar-refractivity contribution in [1.29, 1.82) is 0 Å². The summed E-state index contributed by atoms with van der Waals surface area (Å²) in [6.45, 7) is 5.52. The van der Waals surface area contributed by atoms with Gasteiger partial charge in [0, 0.05) is 38.6 Å². The molecule has 6 nitrogen and oxygen atoms in total. The summed E-state index contributed by atoms with van der Waals surface area (Å²) in [7, 11) is -3.23. The second kappa shape index (κ2) is 5.79. The number of rotatable bonds is 4. The third kappa shape index (κ3) is 3.65. The van der Waals surface area contributed by atoms with Gasteiger partial charge in [0.05, 0.1) is 5.75 Å². The van der Waals surface area contributed by atoms with Crippen LogP contribution in [0.25, 0.3) is 0 Å². The Hall–Kier alpha value is -0.660. The predicted molar refractivity (Wildman–Crippen MR) is 65.8 cm³/mol. The molecular formula is C10H21N3O3S. The van der Waals surface area contributed by atoms with Gasteiger partial charge in [-0.2, -0.15) is 4.31 Å². The van der Waals surface area contributed by atoms with Crippen LogP contribution in [-0.4, -0.2) is 62.0 Å². The van der Waals surface area contributed by atoms with Crippen molar-refractivity contribution in [3.8, 4) is 0 Å². The highest BCUT2D eigenvalue weighted by Gasteiger charge is 2.28. The van der Waals surface area contributed by atoms with Crippen molar-refractivity contribution in [2.24, 2.45) is 11.7 Å². The molecule has 1 rings (SSSR count). The summed E-state index contributed by atoms with van der Waals surface area (Å²) in [6.07, 6.45) is 0. The minimum atomic E-state index is -3.23. The number of carbonyl (C=O) groups excluding carboxylic acids is 1. The lowest BCUT2D eigenvalue weighted by Crippen LogP contribution is -2.52. The Labute approximate surface area is 103 Å². The Morgan fingerprint density at radius 1 is 1.24 bits per heavy atom. The molecule has 1 heterocycles. The van der Waals surface area contributed by atoms with Crippen LogP contribution in [0.2, 0.25) is 0 Å². The summed E-state index contributed by atoms with van der Waals surface area (Å²) >= 11 is 0. The highest BCUT2D eigenvalue weighted by atomic mass is 32.2. The van der Waals surface area contributed by atoms with Gasteiger partial charge in [-0.05, 0) is 0 Å². The summed E-state index contributed by atoms with van der Waals surface area (Å²) in [5.74, 6) is 0.0218. The Morgan fingerprint density at radius 3 is 2.18 bits per heavy atom. The molecular weight excluding hydrogens is 242 g/mol. The number of piperazine rings is 1. The molecule has 17 heavy (non-hydrogen) atoms. The van der Waals surface area contributed by atoms with E-state index in [0.717, 1.165) is 0 Å². The fraction of sp³-hybridized carbons (Fsp3) is 0.900. The number of hydrogen-bond donors (Lipinski definition) is 1. The van der Waals surface area contributed by atoms with Crippen LogP contribution in [0.15, 0.2) is 0 Å². The molecule has 7 heteroatoms. The Bertz CT molecular complexity index is 359. The van der Waals surface area contributed by atoms with Crippen molar-refractivity contribution >= 4 is 15.9 Å². The Kier molecular flexibility index (Phi) is 4.91. The van der Waals surface area contributed by atoms with E-state index in [2.05, 4.69) is 0 Å². The van der Waals surface area contributed by atoms with Crippen molar-refractivity contribution < 1.29 is 13.2 Å². The summed E-state index contributed by atoms with van der Waals surface area (Å²) < 4.78 is 24.9. The van der Waals surface area contributed by atoms with E-state index in [1.165, 1.54) is 4.31 Å². The standard InChI is InChI=1S/C10H21N3O3S/c1-9(2)10(14)12-4-6-13(7-5-12)17(15,16)8-3-11/h9H,3-8,11H2,1-2H3. The summed E-state index contributed by atoms with van der Waals surface area (Å²) in [5, 5.41) is 0. The first kappa shape index (κ1) is 14.4. The van der Waals surface area contributed by atoms with Crippen molar-refractivity contribution in [3.05, 3.63) is 0 Å². The maximum atomic E-state index is 11.7. The van der Waals surface area contributed by atoms with Gasteiger partial charge in [-0.15, -0.1) is 0 Å². The van der Waals surface area contributed by atoms with Crippen molar-refractivity contribution in [2.45, 2.75) is 13.8 Å². The maximum absolute atomic E-state index is 11.7. The highest BCUT2D eigenvalue weighted by Crippen LogP contribution is 2.10. The van der Waals surface area contributed by atoms with E-state index in [1.807, 2.05) is 13.8 Å². The molecule has 1 amide bonds. The Balaban J connectivity index is 2.54. The molecule has 1 aliphatic heterocycles. The minimum Gasteiger partial charge on any atom is -0.340 e. The molecule has 0 aliphatic carbocycles. The fourth-order valence-corrected chi connectivity index (χ4v) is 3.11. The molecule has 1 fully saturated rings. The average Bonchev–Trinajstić information content (AvgIpc) is 2.28. The van der Waals surface area contributed by atoms with E-state index in [0.29, 0.717) is 26.2 Å². The normalized spacial score (nSPS) is 18.7. The summed E-state index contributed by atoms with van der Waals surface area (Å²) in [5.41, 5.74) is 5.27. The quantitative estimate of drug-likeness (QED) is 0.710. The van der Waals surface area contributed by atoms with Gasteiger partial charge in [-0.3, -0.25) is 4.79 Å². The molecule has 0 unspecified atom stereocenters. The van der Waals surface area contributed by atoms with Crippen LogP contribution >= 0.6 is 0 Å². The van der Waals surface area contributed by atoms with Gasteiger partial charge < -0.3 is 10.6 Å². The van der Waals surface area contributed by atoms with E-state index < -0.39 is 10.0 Å².